The summed E-state index contributed by atoms with van der Waals surface area (Å²) in [7, 11) is 0. The molecule has 1 unspecified atom stereocenters. The number of anilines is 1. The molecule has 1 N–H and O–H groups in total. The number of thioether (sulfide) groups is 1. The second kappa shape index (κ2) is 6.67. The van der Waals surface area contributed by atoms with Crippen molar-refractivity contribution in [2.75, 3.05) is 11.1 Å². The minimum absolute atomic E-state index is 0.0184. The maximum Gasteiger partial charge on any atom is 0.257 e. The molecule has 1 aromatic heterocycles. The first-order valence-electron chi connectivity index (χ1n) is 8.05. The molecule has 0 spiro atoms. The van der Waals surface area contributed by atoms with E-state index in [0.29, 0.717) is 21.5 Å². The third-order valence-electron chi connectivity index (χ3n) is 4.50. The number of fused-ring (bicyclic) bond motifs is 2. The van der Waals surface area contributed by atoms with Gasteiger partial charge in [0.2, 0.25) is 5.91 Å². The minimum Gasteiger partial charge on any atom is -0.325 e. The Hall–Kier alpha value is -1.50. The smallest absolute Gasteiger partial charge is 0.257 e. The first-order chi connectivity index (χ1) is 12.0. The standard InChI is InChI=1S/C17H15Cl2N3O2S/c18-9-4-5-14(12(19)6-9)20-15(23)7-10-8-25-17-21-13-3-1-2-11(13)16(24)22(10)17/h4-6,10H,1-3,7-8H2,(H,20,23). The fourth-order valence-corrected chi connectivity index (χ4v) is 4.92. The van der Waals surface area contributed by atoms with E-state index in [9.17, 15) is 9.59 Å². The van der Waals surface area contributed by atoms with E-state index in [1.165, 1.54) is 11.8 Å². The second-order valence-corrected chi connectivity index (χ2v) is 8.02. The molecule has 1 amide bonds. The fraction of sp³-hybridized carbons (Fsp3) is 0.353. The van der Waals surface area contributed by atoms with Gasteiger partial charge >= 0.3 is 0 Å². The normalized spacial score (nSPS) is 18.1. The number of nitrogens with one attached hydrogen (secondary N) is 1. The van der Waals surface area contributed by atoms with Crippen LogP contribution < -0.4 is 10.9 Å². The number of hydrogen-bond acceptors (Lipinski definition) is 4. The Morgan fingerprint density at radius 1 is 1.36 bits per heavy atom. The number of carbonyl (C=O) groups is 1. The Balaban J connectivity index is 1.54. The molecule has 0 saturated heterocycles. The monoisotopic (exact) mass is 395 g/mol. The Bertz CT molecular complexity index is 929. The molecule has 2 aliphatic rings. The van der Waals surface area contributed by atoms with Crippen molar-refractivity contribution in [1.29, 1.82) is 0 Å². The minimum atomic E-state index is -0.185. The molecule has 2 aromatic rings. The van der Waals surface area contributed by atoms with Crippen LogP contribution in [0.1, 0.15) is 30.1 Å². The van der Waals surface area contributed by atoms with E-state index in [4.69, 9.17) is 23.2 Å². The lowest BCUT2D eigenvalue weighted by molar-refractivity contribution is -0.116. The van der Waals surface area contributed by atoms with Gasteiger partial charge in [-0.3, -0.25) is 14.2 Å². The molecule has 2 heterocycles. The predicted molar refractivity (Wildman–Crippen MR) is 100.0 cm³/mol. The lowest BCUT2D eigenvalue weighted by Gasteiger charge is -2.15. The van der Waals surface area contributed by atoms with Crippen LogP contribution in [0.3, 0.4) is 0 Å². The van der Waals surface area contributed by atoms with E-state index in [0.717, 1.165) is 35.7 Å². The van der Waals surface area contributed by atoms with Crippen LogP contribution >= 0.6 is 35.0 Å². The zero-order valence-corrected chi connectivity index (χ0v) is 15.5. The van der Waals surface area contributed by atoms with Crippen LogP contribution in [0.4, 0.5) is 5.69 Å². The van der Waals surface area contributed by atoms with Crippen molar-refractivity contribution in [3.05, 3.63) is 49.9 Å². The average Bonchev–Trinajstić information content (AvgIpc) is 3.18. The number of halogens is 2. The summed E-state index contributed by atoms with van der Waals surface area (Å²) in [5.74, 6) is 0.488. The molecule has 1 aliphatic heterocycles. The Kier molecular flexibility index (Phi) is 4.52. The fourth-order valence-electron chi connectivity index (χ4n) is 3.31. The highest BCUT2D eigenvalue weighted by molar-refractivity contribution is 7.99. The maximum atomic E-state index is 12.7. The molecule has 130 valence electrons. The van der Waals surface area contributed by atoms with Crippen LogP contribution in [-0.2, 0) is 17.6 Å². The summed E-state index contributed by atoms with van der Waals surface area (Å²) >= 11 is 13.5. The van der Waals surface area contributed by atoms with E-state index in [1.54, 1.807) is 22.8 Å². The molecule has 1 atom stereocenters. The first kappa shape index (κ1) is 16.9. The van der Waals surface area contributed by atoms with Gasteiger partial charge in [-0.2, -0.15) is 0 Å². The van der Waals surface area contributed by atoms with Crippen molar-refractivity contribution in [2.24, 2.45) is 0 Å². The Morgan fingerprint density at radius 2 is 2.20 bits per heavy atom. The summed E-state index contributed by atoms with van der Waals surface area (Å²) in [5.41, 5.74) is 2.28. The van der Waals surface area contributed by atoms with Gasteiger partial charge in [0.15, 0.2) is 5.16 Å². The average molecular weight is 396 g/mol. The van der Waals surface area contributed by atoms with Crippen molar-refractivity contribution >= 4 is 46.6 Å². The molecule has 4 rings (SSSR count). The topological polar surface area (TPSA) is 64.0 Å². The van der Waals surface area contributed by atoms with E-state index in [-0.39, 0.29) is 23.9 Å². The lowest BCUT2D eigenvalue weighted by atomic mass is 10.2. The summed E-state index contributed by atoms with van der Waals surface area (Å²) in [6.07, 6.45) is 2.84. The molecule has 1 aromatic carbocycles. The van der Waals surface area contributed by atoms with Gasteiger partial charge in [-0.05, 0) is 37.5 Å². The third kappa shape index (κ3) is 3.18. The van der Waals surface area contributed by atoms with Gasteiger partial charge in [0.1, 0.15) is 0 Å². The van der Waals surface area contributed by atoms with Crippen LogP contribution in [-0.4, -0.2) is 21.2 Å². The summed E-state index contributed by atoms with van der Waals surface area (Å²) in [4.78, 5) is 29.8. The molecule has 5 nitrogen and oxygen atoms in total. The highest BCUT2D eigenvalue weighted by atomic mass is 35.5. The van der Waals surface area contributed by atoms with Gasteiger partial charge in [-0.25, -0.2) is 4.98 Å². The molecule has 1 aliphatic carbocycles. The molecule has 8 heteroatoms. The third-order valence-corrected chi connectivity index (χ3v) is 6.14. The van der Waals surface area contributed by atoms with Crippen molar-refractivity contribution in [3.8, 4) is 0 Å². The summed E-state index contributed by atoms with van der Waals surface area (Å²) in [6, 6.07) is 4.73. The number of aryl methyl sites for hydroxylation is 1. The van der Waals surface area contributed by atoms with Gasteiger partial charge in [-0.1, -0.05) is 35.0 Å². The maximum absolute atomic E-state index is 12.7. The van der Waals surface area contributed by atoms with E-state index >= 15 is 0 Å². The molecule has 0 radical (unpaired) electrons. The first-order valence-corrected chi connectivity index (χ1v) is 9.79. The number of nitrogens with zero attached hydrogens (tertiary/aromatic N) is 2. The van der Waals surface area contributed by atoms with Crippen molar-refractivity contribution in [3.63, 3.8) is 0 Å². The number of aromatic nitrogens is 2. The van der Waals surface area contributed by atoms with Crippen LogP contribution in [0, 0.1) is 0 Å². The SMILES string of the molecule is O=C(CC1CSc2nc3c(c(=O)n21)CCC3)Nc1ccc(Cl)cc1Cl. The van der Waals surface area contributed by atoms with Crippen molar-refractivity contribution in [1.82, 2.24) is 9.55 Å². The van der Waals surface area contributed by atoms with Crippen LogP contribution in [0.15, 0.2) is 28.2 Å². The van der Waals surface area contributed by atoms with Gasteiger partial charge in [-0.15, -0.1) is 0 Å². The number of benzene rings is 1. The number of rotatable bonds is 3. The zero-order valence-electron chi connectivity index (χ0n) is 13.2. The predicted octanol–water partition coefficient (Wildman–Crippen LogP) is 3.71. The Morgan fingerprint density at radius 3 is 3.00 bits per heavy atom. The summed E-state index contributed by atoms with van der Waals surface area (Å²) in [6.45, 7) is 0. The molecular weight excluding hydrogens is 381 g/mol. The van der Waals surface area contributed by atoms with Crippen LogP contribution in [0.5, 0.6) is 0 Å². The van der Waals surface area contributed by atoms with Gasteiger partial charge in [0, 0.05) is 22.8 Å². The van der Waals surface area contributed by atoms with Crippen LogP contribution in [0.25, 0.3) is 0 Å². The van der Waals surface area contributed by atoms with Crippen LogP contribution in [0.2, 0.25) is 10.0 Å². The van der Waals surface area contributed by atoms with E-state index in [2.05, 4.69) is 10.3 Å². The highest BCUT2D eigenvalue weighted by Crippen LogP contribution is 2.34. The highest BCUT2D eigenvalue weighted by Gasteiger charge is 2.31. The molecular formula is C17H15Cl2N3O2S. The van der Waals surface area contributed by atoms with E-state index in [1.807, 2.05) is 0 Å². The van der Waals surface area contributed by atoms with Crippen molar-refractivity contribution in [2.45, 2.75) is 36.9 Å². The quantitative estimate of drug-likeness (QED) is 0.804. The van der Waals surface area contributed by atoms with Gasteiger partial charge in [0.25, 0.3) is 5.56 Å². The summed E-state index contributed by atoms with van der Waals surface area (Å²) < 4.78 is 1.69. The molecule has 0 fully saturated rings. The van der Waals surface area contributed by atoms with Crippen molar-refractivity contribution < 1.29 is 4.79 Å². The molecule has 0 saturated carbocycles. The molecule has 25 heavy (non-hydrogen) atoms. The molecule has 0 bridgehead atoms. The van der Waals surface area contributed by atoms with Gasteiger partial charge in [0.05, 0.1) is 22.4 Å². The van der Waals surface area contributed by atoms with Gasteiger partial charge < -0.3 is 5.32 Å². The number of carbonyl (C=O) groups excluding carboxylic acids is 1. The zero-order chi connectivity index (χ0) is 17.6. The lowest BCUT2D eigenvalue weighted by Crippen LogP contribution is -2.30. The second-order valence-electron chi connectivity index (χ2n) is 6.19. The number of hydrogen-bond donors (Lipinski definition) is 1. The number of amides is 1. The van der Waals surface area contributed by atoms with E-state index < -0.39 is 0 Å². The summed E-state index contributed by atoms with van der Waals surface area (Å²) in [5, 5.41) is 4.42. The largest absolute Gasteiger partial charge is 0.325 e. The Labute approximate surface area is 158 Å².